The molecule has 0 radical (unpaired) electrons. The van der Waals surface area contributed by atoms with Gasteiger partial charge < -0.3 is 9.42 Å². The Morgan fingerprint density at radius 3 is 2.68 bits per heavy atom. The van der Waals surface area contributed by atoms with Gasteiger partial charge in [0.1, 0.15) is 11.3 Å². The first-order valence-electron chi connectivity index (χ1n) is 7.94. The Morgan fingerprint density at radius 2 is 2.00 bits per heavy atom. The average Bonchev–Trinajstić information content (AvgIpc) is 2.76. The fraction of sp³-hybridized carbons (Fsp3) is 0.444. The van der Waals surface area contributed by atoms with Crippen LogP contribution in [-0.4, -0.2) is 29.1 Å². The number of hydrogen-bond donors (Lipinski definition) is 0. The van der Waals surface area contributed by atoms with Gasteiger partial charge >= 0.3 is 0 Å². The molecular formula is C18H22N2O2. The van der Waals surface area contributed by atoms with Gasteiger partial charge in [-0.3, -0.25) is 4.79 Å². The summed E-state index contributed by atoms with van der Waals surface area (Å²) in [4.78, 5) is 14.8. The van der Waals surface area contributed by atoms with Crippen LogP contribution in [0.2, 0.25) is 0 Å². The fourth-order valence-corrected chi connectivity index (χ4v) is 3.27. The van der Waals surface area contributed by atoms with E-state index in [0.29, 0.717) is 22.9 Å². The van der Waals surface area contributed by atoms with Gasteiger partial charge in [0.25, 0.3) is 5.91 Å². The second-order valence-electron chi connectivity index (χ2n) is 6.05. The van der Waals surface area contributed by atoms with Crippen LogP contribution in [0.15, 0.2) is 34.9 Å². The molecule has 1 unspecified atom stereocenters. The summed E-state index contributed by atoms with van der Waals surface area (Å²) in [5.41, 5.74) is 2.64. The first kappa shape index (κ1) is 14.8. The average molecular weight is 298 g/mol. The number of likely N-dealkylation sites (tertiary alicyclic amines) is 1. The maximum Gasteiger partial charge on any atom is 0.259 e. The lowest BCUT2D eigenvalue weighted by Gasteiger charge is -2.24. The highest BCUT2D eigenvalue weighted by Gasteiger charge is 2.27. The highest BCUT2D eigenvalue weighted by atomic mass is 16.5. The quantitative estimate of drug-likeness (QED) is 0.849. The van der Waals surface area contributed by atoms with Crippen molar-refractivity contribution in [3.8, 4) is 0 Å². The molecular weight excluding hydrogens is 276 g/mol. The fourth-order valence-electron chi connectivity index (χ4n) is 3.27. The maximum absolute atomic E-state index is 12.9. The summed E-state index contributed by atoms with van der Waals surface area (Å²) in [6.07, 6.45) is 3.35. The van der Waals surface area contributed by atoms with Crippen molar-refractivity contribution in [1.82, 2.24) is 10.1 Å². The zero-order valence-corrected chi connectivity index (χ0v) is 13.2. The number of carbonyl (C=O) groups excluding carboxylic acids is 1. The van der Waals surface area contributed by atoms with Gasteiger partial charge in [-0.25, -0.2) is 0 Å². The number of nitrogens with zero attached hydrogens (tertiary/aromatic N) is 2. The van der Waals surface area contributed by atoms with E-state index in [9.17, 15) is 4.79 Å². The van der Waals surface area contributed by atoms with Crippen molar-refractivity contribution >= 4 is 5.91 Å². The Balaban J connectivity index is 1.83. The minimum Gasteiger partial charge on any atom is -0.361 e. The first-order valence-corrected chi connectivity index (χ1v) is 7.94. The number of aromatic nitrogens is 1. The number of hydrogen-bond acceptors (Lipinski definition) is 3. The molecule has 4 heteroatoms. The van der Waals surface area contributed by atoms with Crippen molar-refractivity contribution < 1.29 is 9.32 Å². The molecule has 0 spiro atoms. The molecule has 116 valence electrons. The first-order chi connectivity index (χ1) is 10.7. The predicted octanol–water partition coefficient (Wildman–Crippen LogP) is 3.70. The smallest absolute Gasteiger partial charge is 0.259 e. The van der Waals surface area contributed by atoms with Crippen molar-refractivity contribution in [2.24, 2.45) is 0 Å². The standard InChI is InChI=1S/C18H22N2O2/c1-13-17(14(2)22-19-13)18(21)20-11-7-6-10-16(12-20)15-8-4-3-5-9-15/h3-5,8-9,16H,6-7,10-12H2,1-2H3. The molecule has 1 fully saturated rings. The Morgan fingerprint density at radius 1 is 1.23 bits per heavy atom. The van der Waals surface area contributed by atoms with E-state index in [1.54, 1.807) is 6.92 Å². The highest BCUT2D eigenvalue weighted by Crippen LogP contribution is 2.28. The summed E-state index contributed by atoms with van der Waals surface area (Å²) in [6, 6.07) is 10.5. The van der Waals surface area contributed by atoms with Crippen LogP contribution in [0.3, 0.4) is 0 Å². The van der Waals surface area contributed by atoms with E-state index in [0.717, 1.165) is 32.4 Å². The minimum atomic E-state index is 0.0547. The lowest BCUT2D eigenvalue weighted by atomic mass is 9.94. The number of benzene rings is 1. The van der Waals surface area contributed by atoms with E-state index in [-0.39, 0.29) is 5.91 Å². The molecule has 1 aromatic carbocycles. The third-order valence-corrected chi connectivity index (χ3v) is 4.48. The molecule has 4 nitrogen and oxygen atoms in total. The molecule has 0 saturated carbocycles. The summed E-state index contributed by atoms with van der Waals surface area (Å²) >= 11 is 0. The number of carbonyl (C=O) groups is 1. The van der Waals surface area contributed by atoms with Gasteiger partial charge in [0, 0.05) is 19.0 Å². The van der Waals surface area contributed by atoms with Crippen LogP contribution < -0.4 is 0 Å². The second kappa shape index (κ2) is 6.34. The molecule has 1 saturated heterocycles. The zero-order chi connectivity index (χ0) is 15.5. The van der Waals surface area contributed by atoms with Gasteiger partial charge in [0.05, 0.1) is 5.69 Å². The van der Waals surface area contributed by atoms with Crippen LogP contribution >= 0.6 is 0 Å². The maximum atomic E-state index is 12.9. The summed E-state index contributed by atoms with van der Waals surface area (Å²) in [5, 5.41) is 3.91. The molecule has 0 bridgehead atoms. The Kier molecular flexibility index (Phi) is 4.27. The van der Waals surface area contributed by atoms with Crippen molar-refractivity contribution in [3.63, 3.8) is 0 Å². The Labute approximate surface area is 131 Å². The SMILES string of the molecule is Cc1noc(C)c1C(=O)N1CCCCC(c2ccccc2)C1. The molecule has 1 atom stereocenters. The van der Waals surface area contributed by atoms with E-state index in [1.165, 1.54) is 5.56 Å². The summed E-state index contributed by atoms with van der Waals surface area (Å²) < 4.78 is 5.15. The molecule has 2 heterocycles. The molecule has 1 aromatic heterocycles. The van der Waals surface area contributed by atoms with Crippen LogP contribution in [-0.2, 0) is 0 Å². The van der Waals surface area contributed by atoms with Gasteiger partial charge in [-0.2, -0.15) is 0 Å². The topological polar surface area (TPSA) is 46.3 Å². The zero-order valence-electron chi connectivity index (χ0n) is 13.2. The molecule has 1 aliphatic rings. The van der Waals surface area contributed by atoms with Crippen molar-refractivity contribution in [1.29, 1.82) is 0 Å². The molecule has 22 heavy (non-hydrogen) atoms. The van der Waals surface area contributed by atoms with E-state index >= 15 is 0 Å². The molecule has 1 amide bonds. The molecule has 2 aromatic rings. The van der Waals surface area contributed by atoms with Crippen molar-refractivity contribution in [3.05, 3.63) is 52.9 Å². The number of aryl methyl sites for hydroxylation is 2. The lowest BCUT2D eigenvalue weighted by Crippen LogP contribution is -2.34. The number of amides is 1. The molecule has 0 aliphatic carbocycles. The third kappa shape index (κ3) is 2.91. The van der Waals surface area contributed by atoms with Gasteiger partial charge in [-0.1, -0.05) is 41.9 Å². The Bertz CT molecular complexity index is 629. The second-order valence-corrected chi connectivity index (χ2v) is 6.05. The predicted molar refractivity (Wildman–Crippen MR) is 84.9 cm³/mol. The third-order valence-electron chi connectivity index (χ3n) is 4.48. The summed E-state index contributed by atoms with van der Waals surface area (Å²) in [7, 11) is 0. The van der Waals surface area contributed by atoms with Crippen molar-refractivity contribution in [2.75, 3.05) is 13.1 Å². The molecule has 0 N–H and O–H groups in total. The van der Waals surface area contributed by atoms with Gasteiger partial charge in [-0.15, -0.1) is 0 Å². The van der Waals surface area contributed by atoms with E-state index < -0.39 is 0 Å². The normalized spacial score (nSPS) is 19.0. The van der Waals surface area contributed by atoms with Gasteiger partial charge in [0.2, 0.25) is 0 Å². The van der Waals surface area contributed by atoms with Gasteiger partial charge in [-0.05, 0) is 32.3 Å². The van der Waals surface area contributed by atoms with Crippen LogP contribution in [0.5, 0.6) is 0 Å². The van der Waals surface area contributed by atoms with Crippen LogP contribution in [0.4, 0.5) is 0 Å². The molecule has 3 rings (SSSR count). The van der Waals surface area contributed by atoms with E-state index in [1.807, 2.05) is 17.9 Å². The van der Waals surface area contributed by atoms with E-state index in [2.05, 4.69) is 29.4 Å². The number of rotatable bonds is 2. The van der Waals surface area contributed by atoms with Crippen LogP contribution in [0.1, 0.15) is 52.6 Å². The lowest BCUT2D eigenvalue weighted by molar-refractivity contribution is 0.0752. The largest absolute Gasteiger partial charge is 0.361 e. The summed E-state index contributed by atoms with van der Waals surface area (Å²) in [6.45, 7) is 5.22. The monoisotopic (exact) mass is 298 g/mol. The van der Waals surface area contributed by atoms with Crippen LogP contribution in [0, 0.1) is 13.8 Å². The highest BCUT2D eigenvalue weighted by molar-refractivity contribution is 5.96. The Hall–Kier alpha value is -2.10. The van der Waals surface area contributed by atoms with E-state index in [4.69, 9.17) is 4.52 Å². The van der Waals surface area contributed by atoms with Gasteiger partial charge in [0.15, 0.2) is 0 Å². The van der Waals surface area contributed by atoms with Crippen molar-refractivity contribution in [2.45, 2.75) is 39.0 Å². The minimum absolute atomic E-state index is 0.0547. The summed E-state index contributed by atoms with van der Waals surface area (Å²) in [5.74, 6) is 1.08. The van der Waals surface area contributed by atoms with Crippen LogP contribution in [0.25, 0.3) is 0 Å². The molecule has 1 aliphatic heterocycles.